The number of hydrogen-bond donors (Lipinski definition) is 1. The van der Waals surface area contributed by atoms with E-state index in [0.29, 0.717) is 17.7 Å². The van der Waals surface area contributed by atoms with E-state index in [-0.39, 0.29) is 6.04 Å². The predicted molar refractivity (Wildman–Crippen MR) is 82.0 cm³/mol. The first-order chi connectivity index (χ1) is 9.80. The van der Waals surface area contributed by atoms with Gasteiger partial charge in [0.15, 0.2) is 0 Å². The van der Waals surface area contributed by atoms with Crippen LogP contribution in [0, 0.1) is 0 Å². The number of nitrogens with one attached hydrogen (secondary N) is 1. The molecule has 1 unspecified atom stereocenters. The Morgan fingerprint density at radius 1 is 1.19 bits per heavy atom. The molecule has 7 heteroatoms. The molecule has 21 heavy (non-hydrogen) atoms. The van der Waals surface area contributed by atoms with Gasteiger partial charge < -0.3 is 0 Å². The Bertz CT molecular complexity index is 643. The molecule has 1 heterocycles. The summed E-state index contributed by atoms with van der Waals surface area (Å²) in [6, 6.07) is 6.25. The van der Waals surface area contributed by atoms with Crippen molar-refractivity contribution in [1.82, 2.24) is 9.73 Å². The van der Waals surface area contributed by atoms with Crippen molar-refractivity contribution in [1.29, 1.82) is 0 Å². The molecule has 1 aromatic rings. The molecule has 0 spiro atoms. The third-order valence-electron chi connectivity index (χ3n) is 3.40. The molecule has 116 valence electrons. The topological polar surface area (TPSA) is 69.7 Å². The second-order valence-corrected chi connectivity index (χ2v) is 7.09. The van der Waals surface area contributed by atoms with Crippen LogP contribution >= 0.6 is 0 Å². The van der Waals surface area contributed by atoms with Gasteiger partial charge in [0.25, 0.3) is 5.91 Å². The highest BCUT2D eigenvalue weighted by atomic mass is 32.2. The molecular formula is C14H21N3O3S. The van der Waals surface area contributed by atoms with Gasteiger partial charge in [-0.25, -0.2) is 9.73 Å². The maximum absolute atomic E-state index is 12.8. The van der Waals surface area contributed by atoms with E-state index >= 15 is 0 Å². The van der Waals surface area contributed by atoms with Crippen LogP contribution in [0.25, 0.3) is 0 Å². The van der Waals surface area contributed by atoms with Crippen LogP contribution in [0.2, 0.25) is 0 Å². The summed E-state index contributed by atoms with van der Waals surface area (Å²) < 4.78 is 27.7. The number of hydrogen-bond acceptors (Lipinski definition) is 4. The molecule has 0 aromatic heterocycles. The Labute approximate surface area is 125 Å². The molecule has 0 radical (unpaired) electrons. The van der Waals surface area contributed by atoms with Crippen molar-refractivity contribution in [3.8, 4) is 0 Å². The Hall–Kier alpha value is -1.60. The van der Waals surface area contributed by atoms with E-state index in [1.54, 1.807) is 31.2 Å². The summed E-state index contributed by atoms with van der Waals surface area (Å²) in [6.45, 7) is 7.29. The van der Waals surface area contributed by atoms with Crippen molar-refractivity contribution < 1.29 is 13.2 Å². The summed E-state index contributed by atoms with van der Waals surface area (Å²) in [5.74, 6) is -0.471. The summed E-state index contributed by atoms with van der Waals surface area (Å²) >= 11 is 0. The number of carbonyl (C=O) groups excluding carboxylic acids is 1. The molecular weight excluding hydrogens is 290 g/mol. The van der Waals surface area contributed by atoms with Crippen LogP contribution < -0.4 is 9.84 Å². The quantitative estimate of drug-likeness (QED) is 0.922. The van der Waals surface area contributed by atoms with Gasteiger partial charge in [0.1, 0.15) is 0 Å². The second-order valence-electron chi connectivity index (χ2n) is 5.43. The fraction of sp³-hybridized carbons (Fsp3) is 0.500. The highest BCUT2D eigenvalue weighted by Crippen LogP contribution is 2.32. The van der Waals surface area contributed by atoms with Crippen LogP contribution in [-0.4, -0.2) is 30.7 Å². The average molecular weight is 311 g/mol. The van der Waals surface area contributed by atoms with Crippen molar-refractivity contribution in [3.05, 3.63) is 29.8 Å². The molecule has 0 saturated heterocycles. The molecule has 1 N–H and O–H groups in total. The lowest BCUT2D eigenvalue weighted by molar-refractivity contribution is 0.0820. The zero-order valence-electron chi connectivity index (χ0n) is 12.7. The molecule has 0 aliphatic carbocycles. The lowest BCUT2D eigenvalue weighted by atomic mass is 10.1. The number of para-hydroxylation sites is 1. The van der Waals surface area contributed by atoms with Gasteiger partial charge in [-0.05, 0) is 39.3 Å². The van der Waals surface area contributed by atoms with Crippen LogP contribution in [0.1, 0.15) is 44.5 Å². The Morgan fingerprint density at radius 3 is 2.38 bits per heavy atom. The molecule has 1 aliphatic rings. The first kappa shape index (κ1) is 15.8. The maximum Gasteiger partial charge on any atom is 0.342 e. The Balaban J connectivity index is 2.64. The first-order valence-electron chi connectivity index (χ1n) is 7.05. The summed E-state index contributed by atoms with van der Waals surface area (Å²) in [4.78, 5) is 12.6. The number of nitrogens with zero attached hydrogens (tertiary/aromatic N) is 2. The van der Waals surface area contributed by atoms with Gasteiger partial charge in [-0.15, -0.1) is 0 Å². The Morgan fingerprint density at radius 2 is 1.81 bits per heavy atom. The van der Waals surface area contributed by atoms with E-state index in [9.17, 15) is 13.2 Å². The molecule has 2 rings (SSSR count). The molecule has 0 saturated carbocycles. The van der Waals surface area contributed by atoms with Crippen LogP contribution in [-0.2, 0) is 10.2 Å². The largest absolute Gasteiger partial charge is 0.342 e. The van der Waals surface area contributed by atoms with Crippen LogP contribution in [0.5, 0.6) is 0 Å². The second kappa shape index (κ2) is 5.65. The highest BCUT2D eigenvalue weighted by molar-refractivity contribution is 7.91. The van der Waals surface area contributed by atoms with E-state index in [4.69, 9.17) is 0 Å². The molecule has 6 nitrogen and oxygen atoms in total. The van der Waals surface area contributed by atoms with Gasteiger partial charge in [0.05, 0.1) is 11.3 Å². The van der Waals surface area contributed by atoms with Gasteiger partial charge in [-0.3, -0.25) is 4.79 Å². The standard InChI is InChI=1S/C14H21N3O3S/c1-5-11(4)16-14(18)12-8-6-7-9-13(12)17(15-10(2)3)21(16,19)20/h6-11,15H,5H2,1-4H3. The van der Waals surface area contributed by atoms with Crippen LogP contribution in [0.15, 0.2) is 24.3 Å². The average Bonchev–Trinajstić information content (AvgIpc) is 2.43. The molecule has 1 amide bonds. The molecule has 1 aliphatic heterocycles. The van der Waals surface area contributed by atoms with Crippen molar-refractivity contribution in [2.75, 3.05) is 4.41 Å². The molecule has 1 aromatic carbocycles. The number of carbonyl (C=O) groups is 1. The normalized spacial score (nSPS) is 18.8. The van der Waals surface area contributed by atoms with Crippen molar-refractivity contribution in [2.45, 2.75) is 46.2 Å². The zero-order chi connectivity index (χ0) is 15.8. The lowest BCUT2D eigenvalue weighted by Crippen LogP contribution is -2.59. The predicted octanol–water partition coefficient (Wildman–Crippen LogP) is 1.91. The molecule has 0 bridgehead atoms. The number of amides is 1. The van der Waals surface area contributed by atoms with Gasteiger partial charge in [0.2, 0.25) is 0 Å². The van der Waals surface area contributed by atoms with E-state index < -0.39 is 22.2 Å². The fourth-order valence-corrected chi connectivity index (χ4v) is 4.07. The van der Waals surface area contributed by atoms with Gasteiger partial charge in [-0.2, -0.15) is 12.8 Å². The summed E-state index contributed by atoms with van der Waals surface area (Å²) in [6.07, 6.45) is 0.558. The van der Waals surface area contributed by atoms with Gasteiger partial charge in [0, 0.05) is 12.1 Å². The third kappa shape index (κ3) is 2.63. The maximum atomic E-state index is 12.8. The van der Waals surface area contributed by atoms with Crippen LogP contribution in [0.3, 0.4) is 0 Å². The number of benzene rings is 1. The first-order valence-corrected chi connectivity index (χ1v) is 8.44. The van der Waals surface area contributed by atoms with Gasteiger partial charge in [-0.1, -0.05) is 19.1 Å². The lowest BCUT2D eigenvalue weighted by Gasteiger charge is -2.40. The number of anilines is 1. The summed E-state index contributed by atoms with van der Waals surface area (Å²) in [7, 11) is -3.93. The third-order valence-corrected chi connectivity index (χ3v) is 5.19. The highest BCUT2D eigenvalue weighted by Gasteiger charge is 2.43. The summed E-state index contributed by atoms with van der Waals surface area (Å²) in [5.41, 5.74) is 3.67. The number of rotatable bonds is 4. The van der Waals surface area contributed by atoms with Crippen molar-refractivity contribution >= 4 is 21.8 Å². The van der Waals surface area contributed by atoms with E-state index in [1.165, 1.54) is 0 Å². The monoisotopic (exact) mass is 311 g/mol. The molecule has 1 atom stereocenters. The minimum absolute atomic E-state index is 0.0835. The van der Waals surface area contributed by atoms with E-state index in [1.807, 2.05) is 20.8 Å². The minimum atomic E-state index is -3.93. The fourth-order valence-electron chi connectivity index (χ4n) is 2.23. The van der Waals surface area contributed by atoms with E-state index in [2.05, 4.69) is 5.43 Å². The van der Waals surface area contributed by atoms with Crippen molar-refractivity contribution in [2.24, 2.45) is 0 Å². The smallest absolute Gasteiger partial charge is 0.268 e. The summed E-state index contributed by atoms with van der Waals surface area (Å²) in [5, 5.41) is 0. The SMILES string of the molecule is CCC(C)N1C(=O)c2ccccc2N(NC(C)C)S1(=O)=O. The van der Waals surface area contributed by atoms with E-state index in [0.717, 1.165) is 8.72 Å². The number of hydrazine groups is 1. The molecule has 0 fully saturated rings. The Kier molecular flexibility index (Phi) is 4.25. The number of fused-ring (bicyclic) bond motifs is 1. The zero-order valence-corrected chi connectivity index (χ0v) is 13.5. The van der Waals surface area contributed by atoms with Crippen LogP contribution in [0.4, 0.5) is 5.69 Å². The van der Waals surface area contributed by atoms with Crippen molar-refractivity contribution in [3.63, 3.8) is 0 Å². The minimum Gasteiger partial charge on any atom is -0.268 e. The van der Waals surface area contributed by atoms with Gasteiger partial charge >= 0.3 is 10.2 Å².